The first-order valence-electron chi connectivity index (χ1n) is 9.42. The second kappa shape index (κ2) is 9.59. The monoisotopic (exact) mass is 392 g/mol. The highest BCUT2D eigenvalue weighted by atomic mass is 16.5. The normalized spacial score (nSPS) is 11.5. The highest BCUT2D eigenvalue weighted by molar-refractivity contribution is 5.97. The van der Waals surface area contributed by atoms with Gasteiger partial charge < -0.3 is 19.8 Å². The molecule has 1 aromatic heterocycles. The van der Waals surface area contributed by atoms with Gasteiger partial charge in [-0.05, 0) is 43.7 Å². The number of aryl methyl sites for hydroxylation is 1. The van der Waals surface area contributed by atoms with Gasteiger partial charge in [0.25, 0.3) is 5.91 Å². The molecule has 0 unspecified atom stereocenters. The van der Waals surface area contributed by atoms with Gasteiger partial charge >= 0.3 is 5.97 Å². The number of carbonyl (C=O) groups excluding carboxylic acids is 2. The lowest BCUT2D eigenvalue weighted by Crippen LogP contribution is -2.35. The first-order chi connectivity index (χ1) is 14.0. The van der Waals surface area contributed by atoms with Crippen molar-refractivity contribution in [1.29, 1.82) is 0 Å². The zero-order valence-electron chi connectivity index (χ0n) is 16.5. The maximum atomic E-state index is 12.6. The minimum Gasteiger partial charge on any atom is -0.467 e. The van der Waals surface area contributed by atoms with E-state index < -0.39 is 12.1 Å². The second-order valence-corrected chi connectivity index (χ2v) is 6.73. The van der Waals surface area contributed by atoms with Gasteiger partial charge in [0, 0.05) is 12.2 Å². The molecule has 150 valence electrons. The lowest BCUT2D eigenvalue weighted by atomic mass is 10.1. The first kappa shape index (κ1) is 20.2. The Balaban J connectivity index is 1.56. The molecule has 0 aliphatic rings. The molecule has 6 heteroatoms. The Morgan fingerprint density at radius 1 is 1.00 bits per heavy atom. The average molecular weight is 392 g/mol. The summed E-state index contributed by atoms with van der Waals surface area (Å²) in [6, 6.07) is 18.5. The van der Waals surface area contributed by atoms with E-state index >= 15 is 0 Å². The van der Waals surface area contributed by atoms with E-state index in [4.69, 9.17) is 9.15 Å². The van der Waals surface area contributed by atoms with Gasteiger partial charge in [0.2, 0.25) is 0 Å². The van der Waals surface area contributed by atoms with E-state index in [0.717, 1.165) is 16.9 Å². The number of hydrogen-bond acceptors (Lipinski definition) is 5. The third-order valence-corrected chi connectivity index (χ3v) is 4.42. The van der Waals surface area contributed by atoms with Crippen molar-refractivity contribution in [3.05, 3.63) is 89.4 Å². The van der Waals surface area contributed by atoms with Crippen molar-refractivity contribution < 1.29 is 18.7 Å². The van der Waals surface area contributed by atoms with Crippen molar-refractivity contribution in [2.45, 2.75) is 33.0 Å². The Morgan fingerprint density at radius 2 is 1.76 bits per heavy atom. The number of hydrogen-bond donors (Lipinski definition) is 2. The predicted molar refractivity (Wildman–Crippen MR) is 110 cm³/mol. The number of ether oxygens (including phenoxy) is 1. The van der Waals surface area contributed by atoms with Gasteiger partial charge in [0.1, 0.15) is 5.76 Å². The number of benzene rings is 2. The third-order valence-electron chi connectivity index (χ3n) is 4.42. The summed E-state index contributed by atoms with van der Waals surface area (Å²) in [5.41, 5.74) is 3.11. The number of esters is 1. The number of carbonyl (C=O) groups is 2. The van der Waals surface area contributed by atoms with Crippen molar-refractivity contribution in [2.24, 2.45) is 0 Å². The number of para-hydroxylation sites is 1. The molecule has 0 saturated carbocycles. The molecule has 2 aromatic carbocycles. The Kier molecular flexibility index (Phi) is 6.68. The Labute approximate surface area is 169 Å². The molecular formula is C23H24N2O4. The molecule has 3 rings (SSSR count). The van der Waals surface area contributed by atoms with Crippen LogP contribution in [0.25, 0.3) is 0 Å². The molecule has 1 amide bonds. The van der Waals surface area contributed by atoms with Crippen LogP contribution in [0.2, 0.25) is 0 Å². The van der Waals surface area contributed by atoms with Gasteiger partial charge in [-0.2, -0.15) is 0 Å². The van der Waals surface area contributed by atoms with E-state index in [-0.39, 0.29) is 5.91 Å². The fourth-order valence-corrected chi connectivity index (χ4v) is 2.73. The van der Waals surface area contributed by atoms with Crippen LogP contribution in [0.4, 0.5) is 5.69 Å². The molecule has 0 aliphatic heterocycles. The second-order valence-electron chi connectivity index (χ2n) is 6.73. The third kappa shape index (κ3) is 5.72. The maximum Gasteiger partial charge on any atom is 0.341 e. The van der Waals surface area contributed by atoms with E-state index in [2.05, 4.69) is 10.6 Å². The highest BCUT2D eigenvalue weighted by Crippen LogP contribution is 2.18. The van der Waals surface area contributed by atoms with Crippen molar-refractivity contribution in [3.8, 4) is 0 Å². The molecular weight excluding hydrogens is 368 g/mol. The van der Waals surface area contributed by atoms with Gasteiger partial charge in [0.05, 0.1) is 18.4 Å². The summed E-state index contributed by atoms with van der Waals surface area (Å²) >= 11 is 0. The number of rotatable bonds is 8. The largest absolute Gasteiger partial charge is 0.467 e. The van der Waals surface area contributed by atoms with Crippen molar-refractivity contribution in [1.82, 2.24) is 5.32 Å². The van der Waals surface area contributed by atoms with Gasteiger partial charge in [-0.1, -0.05) is 42.0 Å². The van der Waals surface area contributed by atoms with Crippen LogP contribution < -0.4 is 10.6 Å². The minimum atomic E-state index is -0.911. The van der Waals surface area contributed by atoms with Crippen LogP contribution >= 0.6 is 0 Å². The van der Waals surface area contributed by atoms with Gasteiger partial charge in [-0.25, -0.2) is 4.79 Å². The molecule has 2 N–H and O–H groups in total. The molecule has 0 bridgehead atoms. The van der Waals surface area contributed by atoms with E-state index in [1.54, 1.807) is 37.5 Å². The zero-order valence-corrected chi connectivity index (χ0v) is 16.5. The lowest BCUT2D eigenvalue weighted by molar-refractivity contribution is -0.129. The summed E-state index contributed by atoms with van der Waals surface area (Å²) in [5, 5.41) is 5.94. The van der Waals surface area contributed by atoms with Gasteiger partial charge in [-0.3, -0.25) is 4.79 Å². The van der Waals surface area contributed by atoms with Crippen LogP contribution in [-0.4, -0.2) is 18.0 Å². The zero-order chi connectivity index (χ0) is 20.6. The molecule has 1 atom stereocenters. The van der Waals surface area contributed by atoms with Crippen LogP contribution in [0.1, 0.15) is 34.2 Å². The minimum absolute atomic E-state index is 0.347. The van der Waals surface area contributed by atoms with Crippen LogP contribution in [-0.2, 0) is 22.6 Å². The number of amides is 1. The van der Waals surface area contributed by atoms with Crippen molar-refractivity contribution in [3.63, 3.8) is 0 Å². The standard InChI is InChI=1S/C23H24N2O4/c1-16-9-11-18(12-10-16)14-25-22(26)17(2)29-23(27)20-7-3-4-8-21(20)24-15-19-6-5-13-28-19/h3-13,17,24H,14-15H2,1-2H3,(H,25,26)/t17-/m1/s1. The Bertz CT molecular complexity index is 949. The Morgan fingerprint density at radius 3 is 2.48 bits per heavy atom. The first-order valence-corrected chi connectivity index (χ1v) is 9.42. The lowest BCUT2D eigenvalue weighted by Gasteiger charge is -2.15. The van der Waals surface area contributed by atoms with Crippen molar-refractivity contribution >= 4 is 17.6 Å². The predicted octanol–water partition coefficient (Wildman–Crippen LogP) is 4.06. The molecule has 29 heavy (non-hydrogen) atoms. The van der Waals surface area contributed by atoms with Crippen LogP contribution in [0.5, 0.6) is 0 Å². The number of anilines is 1. The molecule has 0 fully saturated rings. The number of nitrogens with one attached hydrogen (secondary N) is 2. The molecule has 0 aliphatic carbocycles. The fourth-order valence-electron chi connectivity index (χ4n) is 2.73. The molecule has 1 heterocycles. The van der Waals surface area contributed by atoms with Crippen LogP contribution in [0.15, 0.2) is 71.3 Å². The molecule has 3 aromatic rings. The smallest absolute Gasteiger partial charge is 0.341 e. The van der Waals surface area contributed by atoms with E-state index in [1.807, 2.05) is 43.3 Å². The summed E-state index contributed by atoms with van der Waals surface area (Å²) in [6.07, 6.45) is 0.680. The van der Waals surface area contributed by atoms with Crippen LogP contribution in [0, 0.1) is 6.92 Å². The fraction of sp³-hybridized carbons (Fsp3) is 0.217. The topological polar surface area (TPSA) is 80.6 Å². The Hall–Kier alpha value is -3.54. The van der Waals surface area contributed by atoms with Gasteiger partial charge in [0.15, 0.2) is 6.10 Å². The summed E-state index contributed by atoms with van der Waals surface area (Å²) in [7, 11) is 0. The molecule has 6 nitrogen and oxygen atoms in total. The van der Waals surface area contributed by atoms with Gasteiger partial charge in [-0.15, -0.1) is 0 Å². The van der Waals surface area contributed by atoms with Crippen molar-refractivity contribution in [2.75, 3.05) is 5.32 Å². The van der Waals surface area contributed by atoms with E-state index in [9.17, 15) is 9.59 Å². The SMILES string of the molecule is Cc1ccc(CNC(=O)[C@@H](C)OC(=O)c2ccccc2NCc2ccco2)cc1. The summed E-state index contributed by atoms with van der Waals surface area (Å²) in [4.78, 5) is 24.9. The summed E-state index contributed by atoms with van der Waals surface area (Å²) in [6.45, 7) is 4.37. The summed E-state index contributed by atoms with van der Waals surface area (Å²) in [5.74, 6) is -0.164. The number of furan rings is 1. The molecule has 0 radical (unpaired) electrons. The quantitative estimate of drug-likeness (QED) is 0.565. The maximum absolute atomic E-state index is 12.6. The van der Waals surface area contributed by atoms with E-state index in [1.165, 1.54) is 0 Å². The average Bonchev–Trinajstić information content (AvgIpc) is 3.25. The summed E-state index contributed by atoms with van der Waals surface area (Å²) < 4.78 is 10.7. The molecule has 0 spiro atoms. The van der Waals surface area contributed by atoms with E-state index in [0.29, 0.717) is 24.3 Å². The molecule has 0 saturated heterocycles. The highest BCUT2D eigenvalue weighted by Gasteiger charge is 2.20. The van der Waals surface area contributed by atoms with Crippen LogP contribution in [0.3, 0.4) is 0 Å².